The first-order valence-electron chi connectivity index (χ1n) is 6.44. The van der Waals surface area contributed by atoms with Crippen molar-refractivity contribution in [3.63, 3.8) is 0 Å². The van der Waals surface area contributed by atoms with E-state index in [1.54, 1.807) is 5.56 Å². The van der Waals surface area contributed by atoms with E-state index < -0.39 is 0 Å². The van der Waals surface area contributed by atoms with Gasteiger partial charge in [0, 0.05) is 0 Å². The summed E-state index contributed by atoms with van der Waals surface area (Å²) in [6.07, 6.45) is 4.15. The summed E-state index contributed by atoms with van der Waals surface area (Å²) >= 11 is 0. The Hall–Kier alpha value is -0.820. The third-order valence-corrected chi connectivity index (χ3v) is 3.95. The van der Waals surface area contributed by atoms with E-state index in [4.69, 9.17) is 0 Å². The van der Waals surface area contributed by atoms with Gasteiger partial charge < -0.3 is 5.32 Å². The van der Waals surface area contributed by atoms with Gasteiger partial charge in [-0.15, -0.1) is 0 Å². The summed E-state index contributed by atoms with van der Waals surface area (Å²) in [6, 6.07) is 6.94. The highest BCUT2D eigenvalue weighted by molar-refractivity contribution is 5.34. The third kappa shape index (κ3) is 2.30. The maximum absolute atomic E-state index is 3.34. The van der Waals surface area contributed by atoms with Crippen molar-refractivity contribution in [1.29, 1.82) is 0 Å². The van der Waals surface area contributed by atoms with Crippen LogP contribution in [-0.2, 0) is 0 Å². The van der Waals surface area contributed by atoms with E-state index in [1.165, 1.54) is 30.4 Å². The summed E-state index contributed by atoms with van der Waals surface area (Å²) < 4.78 is 0. The maximum atomic E-state index is 3.34. The normalized spacial score (nSPS) is 24.9. The summed E-state index contributed by atoms with van der Waals surface area (Å²) in [5, 5.41) is 3.34. The fourth-order valence-electron chi connectivity index (χ4n) is 3.19. The Morgan fingerprint density at radius 3 is 2.75 bits per heavy atom. The summed E-state index contributed by atoms with van der Waals surface area (Å²) in [5.41, 5.74) is 4.45. The van der Waals surface area contributed by atoms with Gasteiger partial charge in [0.2, 0.25) is 0 Å². The highest BCUT2D eigenvalue weighted by atomic mass is 14.8. The molecule has 1 heteroatoms. The Kier molecular flexibility index (Phi) is 3.65. The zero-order chi connectivity index (χ0) is 11.5. The molecule has 2 atom stereocenters. The number of hydrogen-bond donors (Lipinski definition) is 1. The second-order valence-electron chi connectivity index (χ2n) is 5.22. The quantitative estimate of drug-likeness (QED) is 0.818. The number of rotatable bonds is 3. The van der Waals surface area contributed by atoms with E-state index in [-0.39, 0.29) is 0 Å². The van der Waals surface area contributed by atoms with Crippen LogP contribution in [0.1, 0.15) is 41.9 Å². The lowest BCUT2D eigenvalue weighted by Crippen LogP contribution is -2.21. The molecule has 0 radical (unpaired) electrons. The van der Waals surface area contributed by atoms with Gasteiger partial charge in [-0.25, -0.2) is 0 Å². The monoisotopic (exact) mass is 217 g/mol. The molecule has 1 saturated carbocycles. The smallest absolute Gasteiger partial charge is 0.00177 e. The molecule has 1 aliphatic carbocycles. The molecule has 1 aliphatic rings. The molecule has 0 aliphatic heterocycles. The van der Waals surface area contributed by atoms with Gasteiger partial charge in [-0.3, -0.25) is 0 Å². The molecule has 2 unspecified atom stereocenters. The highest BCUT2D eigenvalue weighted by Gasteiger charge is 2.28. The van der Waals surface area contributed by atoms with Crippen LogP contribution in [0.5, 0.6) is 0 Å². The molecule has 0 heterocycles. The van der Waals surface area contributed by atoms with E-state index in [1.807, 2.05) is 0 Å². The van der Waals surface area contributed by atoms with Crippen LogP contribution >= 0.6 is 0 Å². The highest BCUT2D eigenvalue weighted by Crippen LogP contribution is 2.40. The molecule has 88 valence electrons. The molecule has 0 saturated heterocycles. The molecule has 0 aromatic heterocycles. The van der Waals surface area contributed by atoms with Crippen molar-refractivity contribution >= 4 is 0 Å². The van der Waals surface area contributed by atoms with Crippen molar-refractivity contribution in [2.45, 2.75) is 39.0 Å². The summed E-state index contributed by atoms with van der Waals surface area (Å²) in [7, 11) is 2.07. The van der Waals surface area contributed by atoms with Crippen molar-refractivity contribution < 1.29 is 0 Å². The van der Waals surface area contributed by atoms with Gasteiger partial charge in [-0.2, -0.15) is 0 Å². The van der Waals surface area contributed by atoms with Crippen LogP contribution in [0.15, 0.2) is 18.2 Å². The molecule has 0 bridgehead atoms. The Labute approximate surface area is 99.3 Å². The molecule has 1 N–H and O–H groups in total. The average molecular weight is 217 g/mol. The molecular formula is C15H23N. The van der Waals surface area contributed by atoms with E-state index in [9.17, 15) is 0 Å². The largest absolute Gasteiger partial charge is 0.319 e. The van der Waals surface area contributed by atoms with Gasteiger partial charge >= 0.3 is 0 Å². The van der Waals surface area contributed by atoms with Gasteiger partial charge in [-0.05, 0) is 63.2 Å². The predicted octanol–water partition coefficient (Wildman–Crippen LogP) is 3.41. The van der Waals surface area contributed by atoms with Crippen molar-refractivity contribution in [3.05, 3.63) is 34.9 Å². The first kappa shape index (κ1) is 11.7. The van der Waals surface area contributed by atoms with Crippen LogP contribution < -0.4 is 5.32 Å². The Morgan fingerprint density at radius 1 is 1.25 bits per heavy atom. The van der Waals surface area contributed by atoms with Gasteiger partial charge in [0.1, 0.15) is 0 Å². The molecule has 0 spiro atoms. The molecule has 1 aromatic rings. The zero-order valence-corrected chi connectivity index (χ0v) is 10.7. The molecular weight excluding hydrogens is 194 g/mol. The lowest BCUT2D eigenvalue weighted by molar-refractivity contribution is 0.461. The van der Waals surface area contributed by atoms with Crippen molar-refractivity contribution in [2.24, 2.45) is 5.92 Å². The minimum absolute atomic E-state index is 0.785. The summed E-state index contributed by atoms with van der Waals surface area (Å²) in [6.45, 7) is 5.60. The summed E-state index contributed by atoms with van der Waals surface area (Å²) in [5.74, 6) is 1.62. The first-order chi connectivity index (χ1) is 7.72. The van der Waals surface area contributed by atoms with E-state index in [2.05, 4.69) is 44.4 Å². The molecule has 1 fully saturated rings. The number of nitrogens with one attached hydrogen (secondary N) is 1. The van der Waals surface area contributed by atoms with Gasteiger partial charge in [0.25, 0.3) is 0 Å². The topological polar surface area (TPSA) is 12.0 Å². The average Bonchev–Trinajstić information content (AvgIpc) is 2.67. The predicted molar refractivity (Wildman–Crippen MR) is 69.9 cm³/mol. The Morgan fingerprint density at radius 2 is 2.06 bits per heavy atom. The second-order valence-corrected chi connectivity index (χ2v) is 5.22. The van der Waals surface area contributed by atoms with Crippen molar-refractivity contribution in [2.75, 3.05) is 13.6 Å². The van der Waals surface area contributed by atoms with Crippen molar-refractivity contribution in [1.82, 2.24) is 5.32 Å². The van der Waals surface area contributed by atoms with E-state index in [0.29, 0.717) is 0 Å². The number of benzene rings is 1. The van der Waals surface area contributed by atoms with Crippen molar-refractivity contribution in [3.8, 4) is 0 Å². The van der Waals surface area contributed by atoms with Crippen LogP contribution in [-0.4, -0.2) is 13.6 Å². The minimum atomic E-state index is 0.785. The SMILES string of the molecule is CNCC1CCCC1c1ccc(C)cc1C. The van der Waals surface area contributed by atoms with Crippen LogP contribution in [0, 0.1) is 19.8 Å². The van der Waals surface area contributed by atoms with Crippen LogP contribution in [0.4, 0.5) is 0 Å². The van der Waals surface area contributed by atoms with E-state index >= 15 is 0 Å². The zero-order valence-electron chi connectivity index (χ0n) is 10.7. The fourth-order valence-corrected chi connectivity index (χ4v) is 3.19. The maximum Gasteiger partial charge on any atom is -0.00177 e. The standard InChI is InChI=1S/C15H23N/c1-11-7-8-14(12(2)9-11)15-6-4-5-13(15)10-16-3/h7-9,13,15-16H,4-6,10H2,1-3H3. The molecule has 1 nitrogen and oxygen atoms in total. The van der Waals surface area contributed by atoms with Gasteiger partial charge in [0.05, 0.1) is 0 Å². The number of aryl methyl sites for hydroxylation is 2. The lowest BCUT2D eigenvalue weighted by atomic mass is 9.86. The fraction of sp³-hybridized carbons (Fsp3) is 0.600. The molecule has 16 heavy (non-hydrogen) atoms. The van der Waals surface area contributed by atoms with Gasteiger partial charge in [0.15, 0.2) is 0 Å². The Balaban J connectivity index is 2.22. The summed E-state index contributed by atoms with van der Waals surface area (Å²) in [4.78, 5) is 0. The lowest BCUT2D eigenvalue weighted by Gasteiger charge is -2.21. The molecule has 0 amide bonds. The number of hydrogen-bond acceptors (Lipinski definition) is 1. The minimum Gasteiger partial charge on any atom is -0.319 e. The van der Waals surface area contributed by atoms with Crippen LogP contribution in [0.25, 0.3) is 0 Å². The first-order valence-corrected chi connectivity index (χ1v) is 6.44. The van der Waals surface area contributed by atoms with E-state index in [0.717, 1.165) is 18.4 Å². The van der Waals surface area contributed by atoms with Gasteiger partial charge in [-0.1, -0.05) is 30.2 Å². The van der Waals surface area contributed by atoms with Crippen LogP contribution in [0.3, 0.4) is 0 Å². The third-order valence-electron chi connectivity index (χ3n) is 3.95. The second kappa shape index (κ2) is 5.01. The Bertz CT molecular complexity index is 356. The van der Waals surface area contributed by atoms with Crippen LogP contribution in [0.2, 0.25) is 0 Å². The molecule has 1 aromatic carbocycles. The molecule has 2 rings (SSSR count).